The summed E-state index contributed by atoms with van der Waals surface area (Å²) >= 11 is 0. The molecule has 1 heterocycles. The molecule has 1 fully saturated rings. The fourth-order valence-electron chi connectivity index (χ4n) is 2.57. The highest BCUT2D eigenvalue weighted by Gasteiger charge is 2.29. The predicted octanol–water partition coefficient (Wildman–Crippen LogP) is 3.61. The summed E-state index contributed by atoms with van der Waals surface area (Å²) in [5.74, 6) is 0.950. The van der Waals surface area contributed by atoms with Crippen LogP contribution in [0.5, 0.6) is 5.75 Å². The molecule has 1 aliphatic rings. The minimum absolute atomic E-state index is 0.00666. The molecule has 7 nitrogen and oxygen atoms in total. The zero-order chi connectivity index (χ0) is 18.8. The van der Waals surface area contributed by atoms with Crippen molar-refractivity contribution < 1.29 is 18.8 Å². The Morgan fingerprint density at radius 3 is 2.59 bits per heavy atom. The lowest BCUT2D eigenvalue weighted by atomic mass is 10.2. The molecule has 1 saturated carbocycles. The highest BCUT2D eigenvalue weighted by Crippen LogP contribution is 2.30. The Hall–Kier alpha value is -3.48. The molecule has 0 radical (unpaired) electrons. The molecule has 0 unspecified atom stereocenters. The van der Waals surface area contributed by atoms with E-state index in [1.807, 2.05) is 0 Å². The van der Waals surface area contributed by atoms with E-state index in [1.54, 1.807) is 55.5 Å². The van der Waals surface area contributed by atoms with Crippen molar-refractivity contribution in [3.8, 4) is 17.1 Å². The van der Waals surface area contributed by atoms with Crippen LogP contribution in [-0.2, 0) is 4.79 Å². The summed E-state index contributed by atoms with van der Waals surface area (Å²) in [6, 6.07) is 13.5. The van der Waals surface area contributed by atoms with Crippen LogP contribution in [-0.4, -0.2) is 22.0 Å². The van der Waals surface area contributed by atoms with Gasteiger partial charge in [-0.05, 0) is 55.3 Å². The summed E-state index contributed by atoms with van der Waals surface area (Å²) in [4.78, 5) is 28.4. The van der Waals surface area contributed by atoms with Gasteiger partial charge in [0.25, 0.3) is 0 Å². The van der Waals surface area contributed by atoms with Gasteiger partial charge >= 0.3 is 5.97 Å². The molecule has 136 valence electrons. The molecule has 4 rings (SSSR count). The Labute approximate surface area is 155 Å². The van der Waals surface area contributed by atoms with Crippen LogP contribution in [0.15, 0.2) is 53.1 Å². The maximum atomic E-state index is 12.4. The van der Waals surface area contributed by atoms with Gasteiger partial charge < -0.3 is 14.6 Å². The van der Waals surface area contributed by atoms with Crippen molar-refractivity contribution in [2.45, 2.75) is 19.8 Å². The monoisotopic (exact) mass is 363 g/mol. The molecule has 0 bridgehead atoms. The second-order valence-electron chi connectivity index (χ2n) is 6.40. The van der Waals surface area contributed by atoms with Crippen LogP contribution in [0.1, 0.15) is 29.1 Å². The van der Waals surface area contributed by atoms with Gasteiger partial charge in [0, 0.05) is 24.1 Å². The zero-order valence-corrected chi connectivity index (χ0v) is 14.6. The van der Waals surface area contributed by atoms with E-state index in [2.05, 4.69) is 15.5 Å². The molecule has 1 amide bonds. The topological polar surface area (TPSA) is 94.3 Å². The normalized spacial score (nSPS) is 13.2. The van der Waals surface area contributed by atoms with E-state index in [9.17, 15) is 9.59 Å². The molecule has 3 aromatic rings. The van der Waals surface area contributed by atoms with Crippen LogP contribution in [0.2, 0.25) is 0 Å². The lowest BCUT2D eigenvalue weighted by Crippen LogP contribution is -2.14. The molecule has 2 aromatic carbocycles. The molecule has 0 saturated heterocycles. The molecule has 7 heteroatoms. The van der Waals surface area contributed by atoms with Crippen molar-refractivity contribution in [2.75, 3.05) is 5.32 Å². The Morgan fingerprint density at radius 2 is 1.93 bits per heavy atom. The van der Waals surface area contributed by atoms with Crippen LogP contribution in [0.3, 0.4) is 0 Å². The predicted molar refractivity (Wildman–Crippen MR) is 97.2 cm³/mol. The molecule has 0 aliphatic heterocycles. The second-order valence-corrected chi connectivity index (χ2v) is 6.40. The zero-order valence-electron chi connectivity index (χ0n) is 14.6. The van der Waals surface area contributed by atoms with Crippen LogP contribution < -0.4 is 10.1 Å². The number of aryl methyl sites for hydroxylation is 1. The third kappa shape index (κ3) is 4.03. The van der Waals surface area contributed by atoms with Crippen LogP contribution >= 0.6 is 0 Å². The van der Waals surface area contributed by atoms with E-state index in [-0.39, 0.29) is 11.8 Å². The number of hydrogen-bond donors (Lipinski definition) is 1. The molecule has 1 aliphatic carbocycles. The largest absolute Gasteiger partial charge is 0.423 e. The molecule has 1 N–H and O–H groups in total. The van der Waals surface area contributed by atoms with Crippen molar-refractivity contribution >= 4 is 17.6 Å². The number of benzene rings is 2. The number of ether oxygens (including phenoxy) is 1. The molecular weight excluding hydrogens is 346 g/mol. The van der Waals surface area contributed by atoms with Gasteiger partial charge in [-0.25, -0.2) is 4.79 Å². The quantitative estimate of drug-likeness (QED) is 0.550. The lowest BCUT2D eigenvalue weighted by molar-refractivity contribution is -0.117. The number of nitrogens with one attached hydrogen (secondary N) is 1. The Balaban J connectivity index is 1.43. The number of nitrogens with zero attached hydrogens (tertiary/aromatic N) is 2. The maximum Gasteiger partial charge on any atom is 0.343 e. The van der Waals surface area contributed by atoms with E-state index in [0.717, 1.165) is 18.4 Å². The average Bonchev–Trinajstić information content (AvgIpc) is 3.44. The number of aromatic nitrogens is 2. The summed E-state index contributed by atoms with van der Waals surface area (Å²) in [5.41, 5.74) is 1.71. The van der Waals surface area contributed by atoms with Gasteiger partial charge in [-0.3, -0.25) is 4.79 Å². The smallest absolute Gasteiger partial charge is 0.343 e. The van der Waals surface area contributed by atoms with Crippen molar-refractivity contribution in [2.24, 2.45) is 5.92 Å². The number of carbonyl (C=O) groups is 2. The third-order valence-corrected chi connectivity index (χ3v) is 4.16. The minimum atomic E-state index is -0.499. The lowest BCUT2D eigenvalue weighted by Gasteiger charge is -2.08. The van der Waals surface area contributed by atoms with Gasteiger partial charge in [0.15, 0.2) is 0 Å². The van der Waals surface area contributed by atoms with Crippen molar-refractivity contribution in [1.29, 1.82) is 0 Å². The molecule has 0 atom stereocenters. The summed E-state index contributed by atoms with van der Waals surface area (Å²) < 4.78 is 10.4. The number of hydrogen-bond acceptors (Lipinski definition) is 6. The van der Waals surface area contributed by atoms with Gasteiger partial charge in [0.1, 0.15) is 5.75 Å². The summed E-state index contributed by atoms with van der Waals surface area (Å²) in [6.07, 6.45) is 1.85. The fraction of sp³-hybridized carbons (Fsp3) is 0.200. The summed E-state index contributed by atoms with van der Waals surface area (Å²) in [5, 5.41) is 6.67. The maximum absolute atomic E-state index is 12.4. The highest BCUT2D eigenvalue weighted by molar-refractivity contribution is 5.96. The van der Waals surface area contributed by atoms with Gasteiger partial charge in [-0.1, -0.05) is 11.2 Å². The molecule has 1 aromatic heterocycles. The van der Waals surface area contributed by atoms with Crippen molar-refractivity contribution in [3.63, 3.8) is 0 Å². The Bertz CT molecular complexity index is 990. The average molecular weight is 363 g/mol. The van der Waals surface area contributed by atoms with Gasteiger partial charge in [0.2, 0.25) is 17.6 Å². The second kappa shape index (κ2) is 7.03. The number of anilines is 1. The first-order valence-electron chi connectivity index (χ1n) is 8.62. The number of amides is 1. The van der Waals surface area contributed by atoms with Crippen molar-refractivity contribution in [3.05, 3.63) is 60.0 Å². The first-order valence-corrected chi connectivity index (χ1v) is 8.62. The van der Waals surface area contributed by atoms with E-state index < -0.39 is 5.97 Å². The number of rotatable bonds is 5. The Morgan fingerprint density at radius 1 is 1.15 bits per heavy atom. The van der Waals surface area contributed by atoms with Gasteiger partial charge in [-0.15, -0.1) is 0 Å². The van der Waals surface area contributed by atoms with E-state index >= 15 is 0 Å². The first-order chi connectivity index (χ1) is 13.1. The number of esters is 1. The molecule has 0 spiro atoms. The van der Waals surface area contributed by atoms with Crippen LogP contribution in [0.25, 0.3) is 11.4 Å². The summed E-state index contributed by atoms with van der Waals surface area (Å²) in [7, 11) is 0. The van der Waals surface area contributed by atoms with Gasteiger partial charge in [-0.2, -0.15) is 4.98 Å². The summed E-state index contributed by atoms with van der Waals surface area (Å²) in [6.45, 7) is 1.72. The number of carbonyl (C=O) groups excluding carboxylic acids is 2. The Kier molecular flexibility index (Phi) is 4.42. The standard InChI is InChI=1S/C20H17N3O4/c1-12-21-18(23-27-12)13-7-9-17(10-8-13)26-20(25)15-3-2-4-16(11-15)22-19(24)14-5-6-14/h2-4,7-11,14H,5-6H2,1H3,(H,22,24). The molecular formula is C20H17N3O4. The van der Waals surface area contributed by atoms with Crippen LogP contribution in [0, 0.1) is 12.8 Å². The van der Waals surface area contributed by atoms with E-state index in [1.165, 1.54) is 0 Å². The SMILES string of the molecule is Cc1nc(-c2ccc(OC(=O)c3cccc(NC(=O)C4CC4)c3)cc2)no1. The third-order valence-electron chi connectivity index (χ3n) is 4.16. The van der Waals surface area contributed by atoms with Gasteiger partial charge in [0.05, 0.1) is 5.56 Å². The molecule has 27 heavy (non-hydrogen) atoms. The van der Waals surface area contributed by atoms with E-state index in [0.29, 0.717) is 28.7 Å². The first kappa shape index (κ1) is 17.0. The van der Waals surface area contributed by atoms with Crippen LogP contribution in [0.4, 0.5) is 5.69 Å². The van der Waals surface area contributed by atoms with Crippen molar-refractivity contribution in [1.82, 2.24) is 10.1 Å². The minimum Gasteiger partial charge on any atom is -0.423 e. The van der Waals surface area contributed by atoms with E-state index in [4.69, 9.17) is 9.26 Å². The fourth-order valence-corrected chi connectivity index (χ4v) is 2.57. The highest BCUT2D eigenvalue weighted by atomic mass is 16.5.